The van der Waals surface area contributed by atoms with Crippen LogP contribution in [0.5, 0.6) is 0 Å². The van der Waals surface area contributed by atoms with E-state index in [1.54, 1.807) is 0 Å². The fraction of sp³-hybridized carbons (Fsp3) is 0.391. The molecule has 1 fully saturated rings. The fourth-order valence-electron chi connectivity index (χ4n) is 4.19. The van der Waals surface area contributed by atoms with E-state index in [9.17, 15) is 0 Å². The second kappa shape index (κ2) is 7.77. The quantitative estimate of drug-likeness (QED) is 0.534. The van der Waals surface area contributed by atoms with Crippen molar-refractivity contribution in [1.29, 1.82) is 0 Å². The van der Waals surface area contributed by atoms with Gasteiger partial charge in [0.15, 0.2) is 5.65 Å². The molecule has 4 aromatic heterocycles. The number of anilines is 3. The molecule has 0 aromatic carbocycles. The summed E-state index contributed by atoms with van der Waals surface area (Å²) in [6, 6.07) is 8.04. The Hall–Kier alpha value is -3.26. The molecule has 1 saturated heterocycles. The van der Waals surface area contributed by atoms with E-state index in [1.165, 1.54) is 0 Å². The van der Waals surface area contributed by atoms with Gasteiger partial charge in [-0.25, -0.2) is 15.0 Å². The summed E-state index contributed by atoms with van der Waals surface area (Å²) >= 11 is 0. The molecule has 8 nitrogen and oxygen atoms in total. The summed E-state index contributed by atoms with van der Waals surface area (Å²) in [6.07, 6.45) is 6.06. The van der Waals surface area contributed by atoms with Crippen molar-refractivity contribution in [3.8, 4) is 0 Å². The lowest BCUT2D eigenvalue weighted by Gasteiger charge is -2.36. The first-order valence-corrected chi connectivity index (χ1v) is 10.7. The molecule has 0 radical (unpaired) electrons. The number of nitrogens with one attached hydrogen (secondary N) is 1. The molecule has 0 amide bonds. The number of rotatable bonds is 4. The maximum atomic E-state index is 5.83. The zero-order chi connectivity index (χ0) is 21.5. The highest BCUT2D eigenvalue weighted by atomic mass is 16.5. The molecule has 0 aliphatic carbocycles. The molecule has 31 heavy (non-hydrogen) atoms. The summed E-state index contributed by atoms with van der Waals surface area (Å²) < 4.78 is 7.93. The fourth-order valence-corrected chi connectivity index (χ4v) is 4.19. The molecular formula is C23H27N7O. The molecule has 0 unspecified atom stereocenters. The summed E-state index contributed by atoms with van der Waals surface area (Å²) in [6.45, 7) is 10.3. The average Bonchev–Trinajstić information content (AvgIpc) is 3.19. The lowest BCUT2D eigenvalue weighted by Crippen LogP contribution is -2.45. The van der Waals surface area contributed by atoms with Gasteiger partial charge in [0.1, 0.15) is 11.5 Å². The van der Waals surface area contributed by atoms with E-state index in [1.807, 2.05) is 36.8 Å². The van der Waals surface area contributed by atoms with Crippen LogP contribution in [0.2, 0.25) is 0 Å². The van der Waals surface area contributed by atoms with E-state index in [0.29, 0.717) is 17.7 Å². The topological polar surface area (TPSA) is 80.5 Å². The van der Waals surface area contributed by atoms with Crippen molar-refractivity contribution >= 4 is 34.1 Å². The summed E-state index contributed by atoms with van der Waals surface area (Å²) in [5.41, 5.74) is 3.94. The third-order valence-electron chi connectivity index (χ3n) is 5.60. The van der Waals surface area contributed by atoms with Gasteiger partial charge in [-0.05, 0) is 44.0 Å². The molecule has 4 aromatic rings. The van der Waals surface area contributed by atoms with Crippen molar-refractivity contribution < 1.29 is 4.74 Å². The number of imidazole rings is 1. The molecule has 5 rings (SSSR count). The lowest BCUT2D eigenvalue weighted by atomic mass is 10.1. The third-order valence-corrected chi connectivity index (χ3v) is 5.60. The van der Waals surface area contributed by atoms with Crippen molar-refractivity contribution in [2.24, 2.45) is 0 Å². The summed E-state index contributed by atoms with van der Waals surface area (Å²) in [5, 5.41) is 4.21. The predicted octanol–water partition coefficient (Wildman–Crippen LogP) is 4.15. The van der Waals surface area contributed by atoms with Crippen molar-refractivity contribution in [2.45, 2.75) is 45.8 Å². The number of ether oxygens (including phenoxy) is 1. The highest BCUT2D eigenvalue weighted by molar-refractivity contribution is 5.79. The van der Waals surface area contributed by atoms with Crippen molar-refractivity contribution in [3.05, 3.63) is 48.5 Å². The maximum absolute atomic E-state index is 5.83. The van der Waals surface area contributed by atoms with Gasteiger partial charge < -0.3 is 15.0 Å². The molecule has 0 spiro atoms. The SMILES string of the molecule is CC(C)c1cnc2ccc3cnc(Nc4ccc(N5C[C@@H](C)O[C@@H](C)C5)cn4)nc3n12. The molecule has 5 heterocycles. The molecule has 1 aliphatic heterocycles. The van der Waals surface area contributed by atoms with E-state index < -0.39 is 0 Å². The van der Waals surface area contributed by atoms with Gasteiger partial charge in [-0.1, -0.05) is 13.8 Å². The van der Waals surface area contributed by atoms with Crippen LogP contribution < -0.4 is 10.2 Å². The first-order chi connectivity index (χ1) is 15.0. The third kappa shape index (κ3) is 3.79. The van der Waals surface area contributed by atoms with Crippen molar-refractivity contribution in [2.75, 3.05) is 23.3 Å². The normalized spacial score (nSPS) is 19.5. The van der Waals surface area contributed by atoms with Gasteiger partial charge in [-0.2, -0.15) is 4.98 Å². The van der Waals surface area contributed by atoms with Gasteiger partial charge >= 0.3 is 0 Å². The van der Waals surface area contributed by atoms with Crippen LogP contribution in [0, 0.1) is 0 Å². The van der Waals surface area contributed by atoms with Crippen LogP contribution in [0.15, 0.2) is 42.9 Å². The second-order valence-corrected chi connectivity index (χ2v) is 8.53. The minimum atomic E-state index is 0.211. The molecule has 0 saturated carbocycles. The second-order valence-electron chi connectivity index (χ2n) is 8.53. The Morgan fingerprint density at radius 1 is 0.968 bits per heavy atom. The van der Waals surface area contributed by atoms with Crippen molar-refractivity contribution in [3.63, 3.8) is 0 Å². The number of pyridine rings is 2. The lowest BCUT2D eigenvalue weighted by molar-refractivity contribution is -0.00523. The average molecular weight is 418 g/mol. The predicted molar refractivity (Wildman–Crippen MR) is 122 cm³/mol. The summed E-state index contributed by atoms with van der Waals surface area (Å²) in [4.78, 5) is 20.7. The Morgan fingerprint density at radius 3 is 2.48 bits per heavy atom. The zero-order valence-corrected chi connectivity index (χ0v) is 18.3. The first-order valence-electron chi connectivity index (χ1n) is 10.7. The first kappa shape index (κ1) is 19.7. The Kier molecular flexibility index (Phi) is 4.94. The monoisotopic (exact) mass is 417 g/mol. The van der Waals surface area contributed by atoms with Gasteiger partial charge in [-0.3, -0.25) is 4.40 Å². The smallest absolute Gasteiger partial charge is 0.230 e. The minimum absolute atomic E-state index is 0.211. The Morgan fingerprint density at radius 2 is 1.77 bits per heavy atom. The van der Waals surface area contributed by atoms with Crippen LogP contribution in [-0.2, 0) is 4.74 Å². The van der Waals surface area contributed by atoms with E-state index in [-0.39, 0.29) is 12.2 Å². The standard InChI is InChI=1S/C23H27N7O/c1-14(2)19-11-25-21-8-5-17-9-26-23(28-22(17)30(19)21)27-20-7-6-18(10-24-20)29-12-15(3)31-16(4)13-29/h5-11,14-16H,12-13H2,1-4H3,(H,24,26,27,28)/t15-,16+. The Labute approximate surface area is 181 Å². The van der Waals surface area contributed by atoms with Gasteiger partial charge in [0.05, 0.1) is 24.1 Å². The van der Waals surface area contributed by atoms with Crippen LogP contribution in [0.1, 0.15) is 39.3 Å². The van der Waals surface area contributed by atoms with Crippen LogP contribution in [0.25, 0.3) is 16.7 Å². The molecule has 1 N–H and O–H groups in total. The molecule has 1 aliphatic rings. The van der Waals surface area contributed by atoms with Gasteiger partial charge in [0.25, 0.3) is 0 Å². The molecule has 0 bridgehead atoms. The summed E-state index contributed by atoms with van der Waals surface area (Å²) in [7, 11) is 0. The number of fused-ring (bicyclic) bond motifs is 3. The zero-order valence-electron chi connectivity index (χ0n) is 18.3. The Bertz CT molecular complexity index is 1210. The van der Waals surface area contributed by atoms with Crippen LogP contribution in [0.4, 0.5) is 17.5 Å². The van der Waals surface area contributed by atoms with Crippen molar-refractivity contribution in [1.82, 2.24) is 24.3 Å². The van der Waals surface area contributed by atoms with Gasteiger partial charge in [0.2, 0.25) is 5.95 Å². The number of aromatic nitrogens is 5. The largest absolute Gasteiger partial charge is 0.372 e. The number of morpholine rings is 1. The number of hydrogen-bond acceptors (Lipinski definition) is 7. The maximum Gasteiger partial charge on any atom is 0.230 e. The van der Waals surface area contributed by atoms with E-state index in [4.69, 9.17) is 9.72 Å². The highest BCUT2D eigenvalue weighted by Crippen LogP contribution is 2.24. The van der Waals surface area contributed by atoms with Crippen LogP contribution in [-0.4, -0.2) is 49.6 Å². The Balaban J connectivity index is 1.42. The number of hydrogen-bond donors (Lipinski definition) is 1. The van der Waals surface area contributed by atoms with E-state index in [2.05, 4.69) is 63.3 Å². The molecular weight excluding hydrogens is 390 g/mol. The summed E-state index contributed by atoms with van der Waals surface area (Å²) in [5.74, 6) is 1.56. The van der Waals surface area contributed by atoms with Gasteiger partial charge in [-0.15, -0.1) is 0 Å². The van der Waals surface area contributed by atoms with Gasteiger partial charge in [0, 0.05) is 36.6 Å². The van der Waals surface area contributed by atoms with E-state index in [0.717, 1.165) is 41.2 Å². The minimum Gasteiger partial charge on any atom is -0.372 e. The highest BCUT2D eigenvalue weighted by Gasteiger charge is 2.22. The number of nitrogens with zero attached hydrogens (tertiary/aromatic N) is 6. The molecule has 2 atom stereocenters. The van der Waals surface area contributed by atoms with Crippen LogP contribution in [0.3, 0.4) is 0 Å². The van der Waals surface area contributed by atoms with E-state index >= 15 is 0 Å². The van der Waals surface area contributed by atoms with Crippen LogP contribution >= 0.6 is 0 Å². The molecule has 8 heteroatoms. The molecule has 160 valence electrons.